The summed E-state index contributed by atoms with van der Waals surface area (Å²) in [6.07, 6.45) is 5.00. The van der Waals surface area contributed by atoms with Crippen LogP contribution >= 0.6 is 11.6 Å². The van der Waals surface area contributed by atoms with Gasteiger partial charge in [-0.05, 0) is 38.0 Å². The molecule has 0 bridgehead atoms. The molecule has 0 unspecified atom stereocenters. The molecule has 0 aromatic heterocycles. The van der Waals surface area contributed by atoms with Gasteiger partial charge in [0.05, 0.1) is 0 Å². The lowest BCUT2D eigenvalue weighted by atomic mass is 10.1. The number of rotatable bonds is 2. The predicted molar refractivity (Wildman–Crippen MR) is 72.1 cm³/mol. The van der Waals surface area contributed by atoms with Crippen LogP contribution in [0.1, 0.15) is 43.0 Å². The summed E-state index contributed by atoms with van der Waals surface area (Å²) in [4.78, 5) is 14.0. The molecule has 0 N–H and O–H groups in total. The molecule has 1 saturated heterocycles. The van der Waals surface area contributed by atoms with Crippen LogP contribution in [0.5, 0.6) is 0 Å². The van der Waals surface area contributed by atoms with E-state index < -0.39 is 0 Å². The van der Waals surface area contributed by atoms with E-state index in [0.717, 1.165) is 24.3 Å². The molecule has 1 fully saturated rings. The first-order chi connectivity index (χ1) is 8.18. The van der Waals surface area contributed by atoms with E-state index in [1.165, 1.54) is 25.7 Å². The van der Waals surface area contributed by atoms with E-state index in [2.05, 4.69) is 4.90 Å². The van der Waals surface area contributed by atoms with Crippen molar-refractivity contribution in [1.29, 1.82) is 0 Å². The lowest BCUT2D eigenvalue weighted by Gasteiger charge is -2.24. The van der Waals surface area contributed by atoms with Gasteiger partial charge in [0.1, 0.15) is 0 Å². The normalized spacial score (nSPS) is 16.7. The number of anilines is 1. The highest BCUT2D eigenvalue weighted by Gasteiger charge is 2.15. The number of nitrogens with zero attached hydrogens (tertiary/aromatic N) is 1. The Labute approximate surface area is 108 Å². The standard InChI is InChI=1S/C14H18ClNO/c1-11(17)13-10-12(15)6-7-14(13)16-8-4-2-3-5-9-16/h6-7,10H,2-5,8-9H2,1H3. The maximum Gasteiger partial charge on any atom is 0.161 e. The molecule has 92 valence electrons. The molecule has 0 spiro atoms. The molecule has 0 atom stereocenters. The molecule has 0 aliphatic carbocycles. The first-order valence-electron chi connectivity index (χ1n) is 6.24. The van der Waals surface area contributed by atoms with Gasteiger partial charge in [-0.2, -0.15) is 0 Å². The highest BCUT2D eigenvalue weighted by Crippen LogP contribution is 2.27. The number of halogens is 1. The quantitative estimate of drug-likeness (QED) is 0.743. The van der Waals surface area contributed by atoms with Gasteiger partial charge in [-0.15, -0.1) is 0 Å². The summed E-state index contributed by atoms with van der Waals surface area (Å²) in [6.45, 7) is 3.69. The number of hydrogen-bond donors (Lipinski definition) is 0. The fraction of sp³-hybridized carbons (Fsp3) is 0.500. The van der Waals surface area contributed by atoms with E-state index >= 15 is 0 Å². The van der Waals surface area contributed by atoms with Gasteiger partial charge in [0.25, 0.3) is 0 Å². The number of carbonyl (C=O) groups excluding carboxylic acids is 1. The molecule has 1 aromatic carbocycles. The molecule has 2 nitrogen and oxygen atoms in total. The summed E-state index contributed by atoms with van der Waals surface area (Å²) in [5.41, 5.74) is 1.79. The molecule has 17 heavy (non-hydrogen) atoms. The highest BCUT2D eigenvalue weighted by atomic mass is 35.5. The van der Waals surface area contributed by atoms with Crippen LogP contribution in [0.4, 0.5) is 5.69 Å². The fourth-order valence-corrected chi connectivity index (χ4v) is 2.55. The Morgan fingerprint density at radius 3 is 2.41 bits per heavy atom. The molecule has 2 rings (SSSR count). The van der Waals surface area contributed by atoms with Crippen molar-refractivity contribution in [3.05, 3.63) is 28.8 Å². The largest absolute Gasteiger partial charge is 0.371 e. The van der Waals surface area contributed by atoms with Crippen molar-refractivity contribution < 1.29 is 4.79 Å². The zero-order chi connectivity index (χ0) is 12.3. The Kier molecular flexibility index (Phi) is 4.06. The minimum absolute atomic E-state index is 0.0896. The number of benzene rings is 1. The maximum atomic E-state index is 11.7. The zero-order valence-electron chi connectivity index (χ0n) is 10.2. The molecule has 0 amide bonds. The third kappa shape index (κ3) is 3.01. The van der Waals surface area contributed by atoms with Crippen molar-refractivity contribution >= 4 is 23.1 Å². The molecule has 1 aromatic rings. The first-order valence-corrected chi connectivity index (χ1v) is 6.62. The van der Waals surface area contributed by atoms with Crippen LogP contribution < -0.4 is 4.90 Å². The lowest BCUT2D eigenvalue weighted by Crippen LogP contribution is -2.25. The average Bonchev–Trinajstić information content (AvgIpc) is 2.57. The Morgan fingerprint density at radius 2 is 1.82 bits per heavy atom. The summed E-state index contributed by atoms with van der Waals surface area (Å²) in [5, 5.41) is 0.633. The second-order valence-electron chi connectivity index (χ2n) is 4.62. The molecule has 1 aliphatic heterocycles. The molecule has 0 saturated carbocycles. The summed E-state index contributed by atoms with van der Waals surface area (Å²) in [7, 11) is 0. The smallest absolute Gasteiger partial charge is 0.161 e. The van der Waals surface area contributed by atoms with E-state index in [1.54, 1.807) is 13.0 Å². The van der Waals surface area contributed by atoms with Gasteiger partial charge in [0.15, 0.2) is 5.78 Å². The topological polar surface area (TPSA) is 20.3 Å². The van der Waals surface area contributed by atoms with Crippen molar-refractivity contribution in [2.45, 2.75) is 32.6 Å². The van der Waals surface area contributed by atoms with Gasteiger partial charge >= 0.3 is 0 Å². The maximum absolute atomic E-state index is 11.7. The van der Waals surface area contributed by atoms with Crippen LogP contribution in [0.3, 0.4) is 0 Å². The first kappa shape index (κ1) is 12.4. The lowest BCUT2D eigenvalue weighted by molar-refractivity contribution is 0.101. The molecular weight excluding hydrogens is 234 g/mol. The van der Waals surface area contributed by atoms with Crippen LogP contribution in [0, 0.1) is 0 Å². The predicted octanol–water partition coefficient (Wildman–Crippen LogP) is 3.92. The SMILES string of the molecule is CC(=O)c1cc(Cl)ccc1N1CCCCCC1. The van der Waals surface area contributed by atoms with E-state index in [4.69, 9.17) is 11.6 Å². The van der Waals surface area contributed by atoms with Gasteiger partial charge < -0.3 is 4.90 Å². The summed E-state index contributed by atoms with van der Waals surface area (Å²) in [5.74, 6) is 0.0896. The summed E-state index contributed by atoms with van der Waals surface area (Å²) in [6, 6.07) is 5.63. The summed E-state index contributed by atoms with van der Waals surface area (Å²) < 4.78 is 0. The van der Waals surface area contributed by atoms with Gasteiger partial charge in [-0.25, -0.2) is 0 Å². The van der Waals surface area contributed by atoms with E-state index in [-0.39, 0.29) is 5.78 Å². The number of carbonyl (C=O) groups is 1. The molecule has 3 heteroatoms. The average molecular weight is 252 g/mol. The number of ketones is 1. The van der Waals surface area contributed by atoms with Gasteiger partial charge in [0.2, 0.25) is 0 Å². The van der Waals surface area contributed by atoms with Crippen LogP contribution in [0.15, 0.2) is 18.2 Å². The highest BCUT2D eigenvalue weighted by molar-refractivity contribution is 6.31. The van der Waals surface area contributed by atoms with Crippen molar-refractivity contribution in [1.82, 2.24) is 0 Å². The number of hydrogen-bond acceptors (Lipinski definition) is 2. The Hall–Kier alpha value is -1.02. The van der Waals surface area contributed by atoms with Crippen LogP contribution in [0.25, 0.3) is 0 Å². The van der Waals surface area contributed by atoms with Crippen LogP contribution in [-0.4, -0.2) is 18.9 Å². The van der Waals surface area contributed by atoms with Crippen molar-refractivity contribution in [3.63, 3.8) is 0 Å². The molecule has 1 aliphatic rings. The monoisotopic (exact) mass is 251 g/mol. The van der Waals surface area contributed by atoms with Gasteiger partial charge in [-0.1, -0.05) is 24.4 Å². The van der Waals surface area contributed by atoms with Crippen molar-refractivity contribution in [3.8, 4) is 0 Å². The molecule has 0 radical (unpaired) electrons. The van der Waals surface area contributed by atoms with Crippen LogP contribution in [0.2, 0.25) is 5.02 Å². The number of Topliss-reactive ketones (excluding diaryl/α,β-unsaturated/α-hetero) is 1. The Morgan fingerprint density at radius 1 is 1.18 bits per heavy atom. The van der Waals surface area contributed by atoms with E-state index in [1.807, 2.05) is 12.1 Å². The van der Waals surface area contributed by atoms with Crippen LogP contribution in [-0.2, 0) is 0 Å². The van der Waals surface area contributed by atoms with E-state index in [0.29, 0.717) is 5.02 Å². The Balaban J connectivity index is 2.32. The second kappa shape index (κ2) is 5.54. The summed E-state index contributed by atoms with van der Waals surface area (Å²) >= 11 is 5.96. The third-order valence-electron chi connectivity index (χ3n) is 3.28. The van der Waals surface area contributed by atoms with Gasteiger partial charge in [-0.3, -0.25) is 4.79 Å². The molecular formula is C14H18ClNO. The fourth-order valence-electron chi connectivity index (χ4n) is 2.38. The molecule has 1 heterocycles. The minimum Gasteiger partial charge on any atom is -0.371 e. The van der Waals surface area contributed by atoms with Crippen molar-refractivity contribution in [2.75, 3.05) is 18.0 Å². The second-order valence-corrected chi connectivity index (χ2v) is 5.06. The van der Waals surface area contributed by atoms with Crippen molar-refractivity contribution in [2.24, 2.45) is 0 Å². The van der Waals surface area contributed by atoms with Gasteiger partial charge in [0, 0.05) is 29.4 Å². The van der Waals surface area contributed by atoms with E-state index in [9.17, 15) is 4.79 Å². The Bertz CT molecular complexity index is 409. The zero-order valence-corrected chi connectivity index (χ0v) is 11.0. The minimum atomic E-state index is 0.0896. The third-order valence-corrected chi connectivity index (χ3v) is 3.52.